The van der Waals surface area contributed by atoms with Crippen molar-refractivity contribution in [3.05, 3.63) is 35.9 Å². The molecule has 120 valence electrons. The van der Waals surface area contributed by atoms with E-state index >= 15 is 0 Å². The Hall–Kier alpha value is -0.980. The van der Waals surface area contributed by atoms with Gasteiger partial charge in [-0.25, -0.2) is 0 Å². The third-order valence-electron chi connectivity index (χ3n) is 2.72. The molecule has 0 aromatic heterocycles. The molecular formula is C16H27NO4. The summed E-state index contributed by atoms with van der Waals surface area (Å²) >= 11 is 0. The molecule has 0 bridgehead atoms. The minimum atomic E-state index is 0.581. The number of rotatable bonds is 14. The quantitative estimate of drug-likeness (QED) is 0.529. The first-order valence-corrected chi connectivity index (χ1v) is 7.48. The normalized spacial score (nSPS) is 10.9. The van der Waals surface area contributed by atoms with E-state index in [0.29, 0.717) is 59.4 Å². The SMILES string of the molecule is NCCCOCCOCCOCCOCc1ccccc1. The Morgan fingerprint density at radius 2 is 1.19 bits per heavy atom. The van der Waals surface area contributed by atoms with E-state index in [-0.39, 0.29) is 0 Å². The molecule has 0 saturated carbocycles. The fraction of sp³-hybridized carbons (Fsp3) is 0.625. The van der Waals surface area contributed by atoms with Gasteiger partial charge in [-0.1, -0.05) is 30.3 Å². The molecule has 5 nitrogen and oxygen atoms in total. The number of benzene rings is 1. The van der Waals surface area contributed by atoms with Crippen LogP contribution in [0.1, 0.15) is 12.0 Å². The van der Waals surface area contributed by atoms with Crippen molar-refractivity contribution in [2.75, 3.05) is 52.8 Å². The lowest BCUT2D eigenvalue weighted by Gasteiger charge is -2.07. The van der Waals surface area contributed by atoms with Gasteiger partial charge in [0.25, 0.3) is 0 Å². The van der Waals surface area contributed by atoms with Crippen LogP contribution in [0.25, 0.3) is 0 Å². The van der Waals surface area contributed by atoms with Crippen molar-refractivity contribution in [1.29, 1.82) is 0 Å². The maximum absolute atomic E-state index is 5.51. The highest BCUT2D eigenvalue weighted by Gasteiger charge is 1.94. The van der Waals surface area contributed by atoms with Gasteiger partial charge >= 0.3 is 0 Å². The summed E-state index contributed by atoms with van der Waals surface area (Å²) in [5.74, 6) is 0. The zero-order valence-corrected chi connectivity index (χ0v) is 12.7. The lowest BCUT2D eigenvalue weighted by molar-refractivity contribution is -0.00413. The van der Waals surface area contributed by atoms with E-state index in [1.807, 2.05) is 30.3 Å². The number of hydrogen-bond donors (Lipinski definition) is 1. The number of nitrogens with two attached hydrogens (primary N) is 1. The molecule has 5 heteroatoms. The van der Waals surface area contributed by atoms with Crippen LogP contribution in [0, 0.1) is 0 Å². The lowest BCUT2D eigenvalue weighted by Crippen LogP contribution is -2.12. The Morgan fingerprint density at radius 1 is 0.667 bits per heavy atom. The van der Waals surface area contributed by atoms with Crippen LogP contribution < -0.4 is 5.73 Å². The lowest BCUT2D eigenvalue weighted by atomic mass is 10.2. The number of hydrogen-bond acceptors (Lipinski definition) is 5. The summed E-state index contributed by atoms with van der Waals surface area (Å²) in [6.07, 6.45) is 0.895. The van der Waals surface area contributed by atoms with E-state index in [9.17, 15) is 0 Å². The topological polar surface area (TPSA) is 62.9 Å². The summed E-state index contributed by atoms with van der Waals surface area (Å²) in [5.41, 5.74) is 6.53. The van der Waals surface area contributed by atoms with Crippen LogP contribution in [0.4, 0.5) is 0 Å². The van der Waals surface area contributed by atoms with Gasteiger partial charge in [-0.3, -0.25) is 0 Å². The van der Waals surface area contributed by atoms with Gasteiger partial charge in [-0.2, -0.15) is 0 Å². The smallest absolute Gasteiger partial charge is 0.0718 e. The Balaban J connectivity index is 1.75. The van der Waals surface area contributed by atoms with Crippen LogP contribution in [0.3, 0.4) is 0 Å². The predicted octanol–water partition coefficient (Wildman–Crippen LogP) is 1.60. The second kappa shape index (κ2) is 14.0. The number of ether oxygens (including phenoxy) is 4. The molecule has 0 atom stereocenters. The van der Waals surface area contributed by atoms with Crippen molar-refractivity contribution >= 4 is 0 Å². The van der Waals surface area contributed by atoms with Gasteiger partial charge in [0.1, 0.15) is 0 Å². The molecule has 0 unspecified atom stereocenters. The van der Waals surface area contributed by atoms with Crippen molar-refractivity contribution in [2.45, 2.75) is 13.0 Å². The molecule has 0 radical (unpaired) electrons. The maximum atomic E-state index is 5.51. The Labute approximate surface area is 127 Å². The molecule has 0 amide bonds. The van der Waals surface area contributed by atoms with Crippen molar-refractivity contribution < 1.29 is 18.9 Å². The summed E-state index contributed by atoms with van der Waals surface area (Å²) < 4.78 is 21.6. The van der Waals surface area contributed by atoms with E-state index in [4.69, 9.17) is 24.7 Å². The summed E-state index contributed by atoms with van der Waals surface area (Å²) in [6, 6.07) is 10.1. The van der Waals surface area contributed by atoms with Crippen LogP contribution in [-0.2, 0) is 25.6 Å². The van der Waals surface area contributed by atoms with Crippen molar-refractivity contribution in [1.82, 2.24) is 0 Å². The standard InChI is InChI=1S/C16H27NO4/c17-7-4-8-18-9-10-19-11-12-20-13-14-21-15-16-5-2-1-3-6-16/h1-3,5-6H,4,7-15,17H2. The largest absolute Gasteiger partial charge is 0.379 e. The Bertz CT molecular complexity index is 321. The first kappa shape index (κ1) is 18.1. The van der Waals surface area contributed by atoms with E-state index in [1.165, 1.54) is 5.56 Å². The van der Waals surface area contributed by atoms with Gasteiger partial charge in [-0.15, -0.1) is 0 Å². The molecule has 0 aliphatic rings. The van der Waals surface area contributed by atoms with E-state index < -0.39 is 0 Å². The molecule has 0 spiro atoms. The molecule has 0 aliphatic carbocycles. The molecule has 0 fully saturated rings. The first-order valence-electron chi connectivity index (χ1n) is 7.48. The zero-order chi connectivity index (χ0) is 15.0. The second-order valence-electron chi connectivity index (χ2n) is 4.52. The van der Waals surface area contributed by atoms with Crippen LogP contribution >= 0.6 is 0 Å². The summed E-state index contributed by atoms with van der Waals surface area (Å²) in [5, 5.41) is 0. The van der Waals surface area contributed by atoms with E-state index in [2.05, 4.69) is 0 Å². The van der Waals surface area contributed by atoms with Gasteiger partial charge in [0, 0.05) is 6.61 Å². The highest BCUT2D eigenvalue weighted by Crippen LogP contribution is 1.99. The van der Waals surface area contributed by atoms with Crippen LogP contribution in [-0.4, -0.2) is 52.8 Å². The second-order valence-corrected chi connectivity index (χ2v) is 4.52. The fourth-order valence-corrected chi connectivity index (χ4v) is 1.61. The van der Waals surface area contributed by atoms with Crippen LogP contribution in [0.2, 0.25) is 0 Å². The van der Waals surface area contributed by atoms with Gasteiger partial charge < -0.3 is 24.7 Å². The highest BCUT2D eigenvalue weighted by atomic mass is 16.6. The summed E-state index contributed by atoms with van der Waals surface area (Å²) in [7, 11) is 0. The molecule has 21 heavy (non-hydrogen) atoms. The third kappa shape index (κ3) is 11.4. The maximum Gasteiger partial charge on any atom is 0.0718 e. The molecule has 2 N–H and O–H groups in total. The highest BCUT2D eigenvalue weighted by molar-refractivity contribution is 5.13. The van der Waals surface area contributed by atoms with Gasteiger partial charge in [0.05, 0.1) is 46.2 Å². The third-order valence-corrected chi connectivity index (χ3v) is 2.72. The molecule has 1 aromatic rings. The predicted molar refractivity (Wildman–Crippen MR) is 82.2 cm³/mol. The minimum absolute atomic E-state index is 0.581. The molecule has 1 aromatic carbocycles. The Kier molecular flexibility index (Phi) is 12.0. The van der Waals surface area contributed by atoms with Gasteiger partial charge in [-0.05, 0) is 18.5 Å². The molecule has 0 heterocycles. The van der Waals surface area contributed by atoms with E-state index in [1.54, 1.807) is 0 Å². The van der Waals surface area contributed by atoms with Crippen molar-refractivity contribution in [3.8, 4) is 0 Å². The molecule has 0 saturated heterocycles. The molecular weight excluding hydrogens is 270 g/mol. The van der Waals surface area contributed by atoms with Crippen molar-refractivity contribution in [2.24, 2.45) is 5.73 Å². The first-order chi connectivity index (χ1) is 10.4. The summed E-state index contributed by atoms with van der Waals surface area (Å²) in [6.45, 7) is 5.55. The Morgan fingerprint density at radius 3 is 1.76 bits per heavy atom. The average Bonchev–Trinajstić information content (AvgIpc) is 2.53. The monoisotopic (exact) mass is 297 g/mol. The zero-order valence-electron chi connectivity index (χ0n) is 12.7. The van der Waals surface area contributed by atoms with Gasteiger partial charge in [0.2, 0.25) is 0 Å². The average molecular weight is 297 g/mol. The molecule has 0 aliphatic heterocycles. The van der Waals surface area contributed by atoms with Crippen molar-refractivity contribution in [3.63, 3.8) is 0 Å². The minimum Gasteiger partial charge on any atom is -0.379 e. The fourth-order valence-electron chi connectivity index (χ4n) is 1.61. The molecule has 1 rings (SSSR count). The van der Waals surface area contributed by atoms with E-state index in [0.717, 1.165) is 6.42 Å². The van der Waals surface area contributed by atoms with Crippen LogP contribution in [0.15, 0.2) is 30.3 Å². The van der Waals surface area contributed by atoms with Crippen LogP contribution in [0.5, 0.6) is 0 Å². The van der Waals surface area contributed by atoms with Gasteiger partial charge in [0.15, 0.2) is 0 Å². The summed E-state index contributed by atoms with van der Waals surface area (Å²) in [4.78, 5) is 0.